The second-order valence-electron chi connectivity index (χ2n) is 3.73. The zero-order chi connectivity index (χ0) is 13.0. The van der Waals surface area contributed by atoms with E-state index >= 15 is 0 Å². The molecule has 2 N–H and O–H groups in total. The van der Waals surface area contributed by atoms with E-state index in [1.807, 2.05) is 30.3 Å². The number of anilines is 2. The fraction of sp³-hybridized carbons (Fsp3) is 0.0714. The van der Waals surface area contributed by atoms with Crippen molar-refractivity contribution in [2.24, 2.45) is 0 Å². The van der Waals surface area contributed by atoms with Gasteiger partial charge in [0.05, 0.1) is 16.3 Å². The Morgan fingerprint density at radius 2 is 1.61 bits per heavy atom. The Morgan fingerprint density at radius 3 is 2.28 bits per heavy atom. The zero-order valence-corrected chi connectivity index (χ0v) is 10.7. The summed E-state index contributed by atoms with van der Waals surface area (Å²) in [6, 6.07) is 14.5. The first-order valence-electron chi connectivity index (χ1n) is 5.55. The molecule has 1 amide bonds. The molecule has 0 radical (unpaired) electrons. The maximum atomic E-state index is 12.1. The van der Waals surface area contributed by atoms with Crippen molar-refractivity contribution in [1.29, 1.82) is 0 Å². The molecule has 3 nitrogen and oxygen atoms in total. The lowest BCUT2D eigenvalue weighted by Gasteiger charge is -2.10. The van der Waals surface area contributed by atoms with Crippen LogP contribution >= 0.6 is 11.6 Å². The van der Waals surface area contributed by atoms with Crippen LogP contribution in [0.1, 0.15) is 10.4 Å². The highest BCUT2D eigenvalue weighted by atomic mass is 35.5. The Balaban J connectivity index is 2.25. The van der Waals surface area contributed by atoms with Crippen LogP contribution in [0, 0.1) is 0 Å². The molecular formula is C14H13ClN2O. The van der Waals surface area contributed by atoms with Gasteiger partial charge in [-0.25, -0.2) is 0 Å². The van der Waals surface area contributed by atoms with Crippen LogP contribution in [0.3, 0.4) is 0 Å². The largest absolute Gasteiger partial charge is 0.387 e. The van der Waals surface area contributed by atoms with Gasteiger partial charge in [-0.3, -0.25) is 4.79 Å². The number of hydrogen-bond donors (Lipinski definition) is 2. The summed E-state index contributed by atoms with van der Waals surface area (Å²) >= 11 is 6.00. The molecule has 0 aliphatic rings. The number of halogens is 1. The predicted octanol–water partition coefficient (Wildman–Crippen LogP) is 3.63. The molecule has 0 saturated heterocycles. The van der Waals surface area contributed by atoms with Gasteiger partial charge in [0.1, 0.15) is 0 Å². The zero-order valence-electron chi connectivity index (χ0n) is 9.91. The van der Waals surface area contributed by atoms with Crippen LogP contribution in [0.2, 0.25) is 5.02 Å². The molecule has 0 atom stereocenters. The summed E-state index contributed by atoms with van der Waals surface area (Å²) in [4.78, 5) is 12.1. The highest BCUT2D eigenvalue weighted by molar-refractivity contribution is 6.34. The SMILES string of the molecule is CNc1ccccc1C(=O)Nc1ccccc1Cl. The minimum atomic E-state index is -0.187. The van der Waals surface area contributed by atoms with Crippen molar-refractivity contribution in [3.05, 3.63) is 59.1 Å². The first-order valence-corrected chi connectivity index (χ1v) is 5.93. The lowest BCUT2D eigenvalue weighted by atomic mass is 10.1. The van der Waals surface area contributed by atoms with Gasteiger partial charge in [0.2, 0.25) is 0 Å². The molecule has 0 spiro atoms. The molecule has 0 aliphatic carbocycles. The van der Waals surface area contributed by atoms with Crippen molar-refractivity contribution >= 4 is 28.9 Å². The summed E-state index contributed by atoms with van der Waals surface area (Å²) in [7, 11) is 1.78. The summed E-state index contributed by atoms with van der Waals surface area (Å²) in [5.41, 5.74) is 1.97. The Kier molecular flexibility index (Phi) is 3.85. The second kappa shape index (κ2) is 5.56. The van der Waals surface area contributed by atoms with Crippen molar-refractivity contribution < 1.29 is 4.79 Å². The molecular weight excluding hydrogens is 248 g/mol. The Morgan fingerprint density at radius 1 is 1.00 bits per heavy atom. The third-order valence-corrected chi connectivity index (χ3v) is 2.89. The number of carbonyl (C=O) groups excluding carboxylic acids is 1. The standard InChI is InChI=1S/C14H13ClN2O/c1-16-12-8-4-2-6-10(12)14(18)17-13-9-5-3-7-11(13)15/h2-9,16H,1H3,(H,17,18). The van der Waals surface area contributed by atoms with Gasteiger partial charge in [0, 0.05) is 12.7 Å². The van der Waals surface area contributed by atoms with Gasteiger partial charge in [-0.15, -0.1) is 0 Å². The summed E-state index contributed by atoms with van der Waals surface area (Å²) in [5, 5.41) is 6.29. The Labute approximate surface area is 111 Å². The van der Waals surface area contributed by atoms with Crippen molar-refractivity contribution in [2.75, 3.05) is 17.7 Å². The minimum Gasteiger partial charge on any atom is -0.387 e. The number of benzene rings is 2. The molecule has 2 aromatic rings. The van der Waals surface area contributed by atoms with E-state index in [9.17, 15) is 4.79 Å². The lowest BCUT2D eigenvalue weighted by molar-refractivity contribution is 0.102. The predicted molar refractivity (Wildman–Crippen MR) is 75.4 cm³/mol. The van der Waals surface area contributed by atoms with E-state index in [0.717, 1.165) is 5.69 Å². The molecule has 0 unspecified atom stereocenters. The third kappa shape index (κ3) is 2.63. The van der Waals surface area contributed by atoms with Crippen LogP contribution in [-0.2, 0) is 0 Å². The number of para-hydroxylation sites is 2. The van der Waals surface area contributed by atoms with Crippen LogP contribution in [0.4, 0.5) is 11.4 Å². The number of hydrogen-bond acceptors (Lipinski definition) is 2. The molecule has 0 saturated carbocycles. The van der Waals surface area contributed by atoms with Crippen molar-refractivity contribution in [1.82, 2.24) is 0 Å². The van der Waals surface area contributed by atoms with Crippen LogP contribution in [0.25, 0.3) is 0 Å². The van der Waals surface area contributed by atoms with E-state index in [-0.39, 0.29) is 5.91 Å². The number of rotatable bonds is 3. The quantitative estimate of drug-likeness (QED) is 0.885. The van der Waals surface area contributed by atoms with E-state index in [1.165, 1.54) is 0 Å². The van der Waals surface area contributed by atoms with E-state index in [0.29, 0.717) is 16.3 Å². The fourth-order valence-corrected chi connectivity index (χ4v) is 1.83. The number of carbonyl (C=O) groups is 1. The van der Waals surface area contributed by atoms with Crippen molar-refractivity contribution in [2.45, 2.75) is 0 Å². The second-order valence-corrected chi connectivity index (χ2v) is 4.14. The normalized spacial score (nSPS) is 9.89. The monoisotopic (exact) mass is 260 g/mol. The summed E-state index contributed by atoms with van der Waals surface area (Å²) in [5.74, 6) is -0.187. The average molecular weight is 261 g/mol. The molecule has 18 heavy (non-hydrogen) atoms. The van der Waals surface area contributed by atoms with Crippen LogP contribution in [-0.4, -0.2) is 13.0 Å². The molecule has 4 heteroatoms. The maximum absolute atomic E-state index is 12.1. The van der Waals surface area contributed by atoms with E-state index in [2.05, 4.69) is 10.6 Å². The highest BCUT2D eigenvalue weighted by Gasteiger charge is 2.11. The molecule has 2 rings (SSSR count). The van der Waals surface area contributed by atoms with Gasteiger partial charge in [-0.1, -0.05) is 35.9 Å². The third-order valence-electron chi connectivity index (χ3n) is 2.56. The van der Waals surface area contributed by atoms with E-state index in [1.54, 1.807) is 25.2 Å². The molecule has 0 bridgehead atoms. The van der Waals surface area contributed by atoms with Gasteiger partial charge >= 0.3 is 0 Å². The molecule has 2 aromatic carbocycles. The van der Waals surface area contributed by atoms with Crippen LogP contribution in [0.15, 0.2) is 48.5 Å². The van der Waals surface area contributed by atoms with E-state index in [4.69, 9.17) is 11.6 Å². The lowest BCUT2D eigenvalue weighted by Crippen LogP contribution is -2.14. The summed E-state index contributed by atoms with van der Waals surface area (Å²) in [6.45, 7) is 0. The van der Waals surface area contributed by atoms with Crippen molar-refractivity contribution in [3.8, 4) is 0 Å². The first-order chi connectivity index (χ1) is 8.72. The van der Waals surface area contributed by atoms with E-state index < -0.39 is 0 Å². The van der Waals surface area contributed by atoms with Gasteiger partial charge in [0.25, 0.3) is 5.91 Å². The van der Waals surface area contributed by atoms with Crippen LogP contribution < -0.4 is 10.6 Å². The highest BCUT2D eigenvalue weighted by Crippen LogP contribution is 2.22. The first kappa shape index (κ1) is 12.5. The Bertz CT molecular complexity index is 569. The van der Waals surface area contributed by atoms with Gasteiger partial charge in [-0.2, -0.15) is 0 Å². The fourth-order valence-electron chi connectivity index (χ4n) is 1.65. The molecule has 0 heterocycles. The van der Waals surface area contributed by atoms with Crippen LogP contribution in [0.5, 0.6) is 0 Å². The van der Waals surface area contributed by atoms with Gasteiger partial charge < -0.3 is 10.6 Å². The Hall–Kier alpha value is -2.00. The maximum Gasteiger partial charge on any atom is 0.257 e. The summed E-state index contributed by atoms with van der Waals surface area (Å²) in [6.07, 6.45) is 0. The molecule has 92 valence electrons. The molecule has 0 aromatic heterocycles. The molecule has 0 aliphatic heterocycles. The van der Waals surface area contributed by atoms with Crippen molar-refractivity contribution in [3.63, 3.8) is 0 Å². The average Bonchev–Trinajstić information content (AvgIpc) is 2.41. The summed E-state index contributed by atoms with van der Waals surface area (Å²) < 4.78 is 0. The number of amides is 1. The topological polar surface area (TPSA) is 41.1 Å². The number of nitrogens with one attached hydrogen (secondary N) is 2. The minimum absolute atomic E-state index is 0.187. The van der Waals surface area contributed by atoms with Gasteiger partial charge in [-0.05, 0) is 24.3 Å². The molecule has 0 fully saturated rings. The van der Waals surface area contributed by atoms with Gasteiger partial charge in [0.15, 0.2) is 0 Å². The smallest absolute Gasteiger partial charge is 0.257 e.